The summed E-state index contributed by atoms with van der Waals surface area (Å²) in [6.45, 7) is 1.78. The summed E-state index contributed by atoms with van der Waals surface area (Å²) in [4.78, 5) is 7.95. The molecule has 0 aliphatic rings. The lowest BCUT2D eigenvalue weighted by Gasteiger charge is -1.88. The molecule has 0 bridgehead atoms. The minimum absolute atomic E-state index is 0.392. The van der Waals surface area contributed by atoms with Crippen molar-refractivity contribution in [2.45, 2.75) is 6.92 Å². The molecule has 2 N–H and O–H groups in total. The van der Waals surface area contributed by atoms with Gasteiger partial charge in [0, 0.05) is 13.1 Å². The Balaban J connectivity index is 2.90. The van der Waals surface area contributed by atoms with Gasteiger partial charge in [-0.1, -0.05) is 0 Å². The fraction of sp³-hybridized carbons (Fsp3) is 0.143. The van der Waals surface area contributed by atoms with Crippen LogP contribution < -0.4 is 5.73 Å². The van der Waals surface area contributed by atoms with E-state index in [1.54, 1.807) is 19.2 Å². The third-order valence-electron chi connectivity index (χ3n) is 1.44. The highest BCUT2D eigenvalue weighted by atomic mass is 16.3. The van der Waals surface area contributed by atoms with Gasteiger partial charge in [-0.3, -0.25) is 0 Å². The molecule has 0 amide bonds. The van der Waals surface area contributed by atoms with Crippen LogP contribution in [0.4, 0.5) is 5.82 Å². The number of hydrogen-bond acceptors (Lipinski definition) is 4. The fourth-order valence-corrected chi connectivity index (χ4v) is 0.986. The third-order valence-corrected chi connectivity index (χ3v) is 1.44. The molecule has 0 saturated heterocycles. The molecule has 2 rings (SSSR count). The van der Waals surface area contributed by atoms with E-state index in [9.17, 15) is 0 Å². The number of aromatic nitrogens is 2. The highest BCUT2D eigenvalue weighted by molar-refractivity contribution is 5.81. The Kier molecular flexibility index (Phi) is 1.09. The summed E-state index contributed by atoms with van der Waals surface area (Å²) in [5.41, 5.74) is 6.86. The second-order valence-electron chi connectivity index (χ2n) is 2.28. The Morgan fingerprint density at radius 2 is 2.36 bits per heavy atom. The maximum atomic E-state index is 5.52. The molecule has 0 atom stereocenters. The highest BCUT2D eigenvalue weighted by Crippen LogP contribution is 2.18. The Bertz CT molecular complexity index is 393. The number of rotatable bonds is 0. The van der Waals surface area contributed by atoms with Crippen LogP contribution in [0.5, 0.6) is 0 Å². The zero-order valence-corrected chi connectivity index (χ0v) is 6.03. The molecule has 0 unspecified atom stereocenters. The second-order valence-corrected chi connectivity index (χ2v) is 2.28. The molecule has 2 aromatic heterocycles. The average molecular weight is 149 g/mol. The van der Waals surface area contributed by atoms with Crippen molar-refractivity contribution in [2.24, 2.45) is 0 Å². The van der Waals surface area contributed by atoms with Crippen molar-refractivity contribution in [3.63, 3.8) is 0 Å². The van der Waals surface area contributed by atoms with Crippen molar-refractivity contribution < 1.29 is 4.42 Å². The molecule has 0 aliphatic heterocycles. The SMILES string of the molecule is Cc1nc2ccnc(N)c2o1. The number of fused-ring (bicyclic) bond motifs is 1. The van der Waals surface area contributed by atoms with Crippen LogP contribution in [-0.2, 0) is 0 Å². The van der Waals surface area contributed by atoms with E-state index in [0.717, 1.165) is 5.52 Å². The van der Waals surface area contributed by atoms with Crippen LogP contribution in [0.15, 0.2) is 16.7 Å². The Morgan fingerprint density at radius 3 is 3.09 bits per heavy atom. The molecular weight excluding hydrogens is 142 g/mol. The smallest absolute Gasteiger partial charge is 0.196 e. The summed E-state index contributed by atoms with van der Waals surface area (Å²) in [6.07, 6.45) is 1.61. The van der Waals surface area contributed by atoms with E-state index in [4.69, 9.17) is 10.2 Å². The molecule has 0 aromatic carbocycles. The molecule has 4 heteroatoms. The van der Waals surface area contributed by atoms with Gasteiger partial charge in [0.2, 0.25) is 0 Å². The summed E-state index contributed by atoms with van der Waals surface area (Å²) >= 11 is 0. The van der Waals surface area contributed by atoms with Gasteiger partial charge in [-0.05, 0) is 6.07 Å². The van der Waals surface area contributed by atoms with Gasteiger partial charge >= 0.3 is 0 Å². The van der Waals surface area contributed by atoms with Crippen LogP contribution >= 0.6 is 0 Å². The zero-order valence-electron chi connectivity index (χ0n) is 6.03. The molecule has 56 valence electrons. The number of oxazole rings is 1. The van der Waals surface area contributed by atoms with Gasteiger partial charge in [-0.2, -0.15) is 0 Å². The van der Waals surface area contributed by atoms with Crippen LogP contribution in [0.3, 0.4) is 0 Å². The number of pyridine rings is 1. The topological polar surface area (TPSA) is 64.9 Å². The molecule has 0 fully saturated rings. The zero-order chi connectivity index (χ0) is 7.84. The molecule has 2 heterocycles. The van der Waals surface area contributed by atoms with Crippen LogP contribution in [0.1, 0.15) is 5.89 Å². The Hall–Kier alpha value is -1.58. The monoisotopic (exact) mass is 149 g/mol. The Morgan fingerprint density at radius 1 is 1.55 bits per heavy atom. The van der Waals surface area contributed by atoms with Gasteiger partial charge < -0.3 is 10.2 Å². The van der Waals surface area contributed by atoms with E-state index >= 15 is 0 Å². The fourth-order valence-electron chi connectivity index (χ4n) is 0.986. The van der Waals surface area contributed by atoms with E-state index in [0.29, 0.717) is 17.3 Å². The quantitative estimate of drug-likeness (QED) is 0.609. The molecule has 11 heavy (non-hydrogen) atoms. The van der Waals surface area contributed by atoms with Crippen LogP contribution in [0, 0.1) is 6.92 Å². The molecule has 0 saturated carbocycles. The summed E-state index contributed by atoms with van der Waals surface area (Å²) < 4.78 is 5.20. The van der Waals surface area contributed by atoms with E-state index in [-0.39, 0.29) is 0 Å². The van der Waals surface area contributed by atoms with Gasteiger partial charge in [0.25, 0.3) is 0 Å². The van der Waals surface area contributed by atoms with E-state index in [1.165, 1.54) is 0 Å². The largest absolute Gasteiger partial charge is 0.437 e. The summed E-state index contributed by atoms with van der Waals surface area (Å²) in [6, 6.07) is 1.77. The van der Waals surface area contributed by atoms with Crippen molar-refractivity contribution in [1.82, 2.24) is 9.97 Å². The third kappa shape index (κ3) is 0.832. The standard InChI is InChI=1S/C7H7N3O/c1-4-10-5-2-3-9-7(8)6(5)11-4/h2-3H,1H3,(H2,8,9). The lowest BCUT2D eigenvalue weighted by atomic mass is 10.4. The molecule has 2 aromatic rings. The van der Waals surface area contributed by atoms with Crippen LogP contribution in [0.25, 0.3) is 11.1 Å². The molecule has 0 spiro atoms. The van der Waals surface area contributed by atoms with Gasteiger partial charge in [0.15, 0.2) is 17.3 Å². The maximum absolute atomic E-state index is 5.52. The number of nitrogen functional groups attached to an aromatic ring is 1. The van der Waals surface area contributed by atoms with E-state index in [1.807, 2.05) is 0 Å². The summed E-state index contributed by atoms with van der Waals surface area (Å²) in [5.74, 6) is 1.00. The van der Waals surface area contributed by atoms with Gasteiger partial charge in [0.1, 0.15) is 5.52 Å². The van der Waals surface area contributed by atoms with Crippen LogP contribution in [-0.4, -0.2) is 9.97 Å². The number of aryl methyl sites for hydroxylation is 1. The minimum atomic E-state index is 0.392. The number of nitrogens with zero attached hydrogens (tertiary/aromatic N) is 2. The van der Waals surface area contributed by atoms with E-state index in [2.05, 4.69) is 9.97 Å². The summed E-state index contributed by atoms with van der Waals surface area (Å²) in [5, 5.41) is 0. The first-order valence-corrected chi connectivity index (χ1v) is 3.25. The molecule has 0 radical (unpaired) electrons. The van der Waals surface area contributed by atoms with Gasteiger partial charge in [-0.15, -0.1) is 0 Å². The van der Waals surface area contributed by atoms with Crippen LogP contribution in [0.2, 0.25) is 0 Å². The number of hydrogen-bond donors (Lipinski definition) is 1. The first-order chi connectivity index (χ1) is 5.27. The lowest BCUT2D eigenvalue weighted by Crippen LogP contribution is -1.88. The van der Waals surface area contributed by atoms with Crippen molar-refractivity contribution in [3.05, 3.63) is 18.2 Å². The minimum Gasteiger partial charge on any atom is -0.437 e. The predicted molar refractivity (Wildman–Crippen MR) is 41.0 cm³/mol. The lowest BCUT2D eigenvalue weighted by molar-refractivity contribution is 0.561. The highest BCUT2D eigenvalue weighted by Gasteiger charge is 2.04. The number of anilines is 1. The van der Waals surface area contributed by atoms with Crippen molar-refractivity contribution in [1.29, 1.82) is 0 Å². The second kappa shape index (κ2) is 1.95. The summed E-state index contributed by atoms with van der Waals surface area (Å²) in [7, 11) is 0. The average Bonchev–Trinajstić information content (AvgIpc) is 2.31. The van der Waals surface area contributed by atoms with Gasteiger partial charge in [-0.25, -0.2) is 9.97 Å². The molecular formula is C7H7N3O. The first-order valence-electron chi connectivity index (χ1n) is 3.25. The van der Waals surface area contributed by atoms with Crippen molar-refractivity contribution >= 4 is 16.9 Å². The normalized spacial score (nSPS) is 10.6. The number of nitrogens with two attached hydrogens (primary N) is 1. The maximum Gasteiger partial charge on any atom is 0.196 e. The Labute approximate surface area is 63.1 Å². The van der Waals surface area contributed by atoms with Crippen molar-refractivity contribution in [2.75, 3.05) is 5.73 Å². The van der Waals surface area contributed by atoms with Gasteiger partial charge in [0.05, 0.1) is 0 Å². The van der Waals surface area contributed by atoms with Crippen molar-refractivity contribution in [3.8, 4) is 0 Å². The molecule has 0 aliphatic carbocycles. The molecule has 4 nitrogen and oxygen atoms in total. The van der Waals surface area contributed by atoms with E-state index < -0.39 is 0 Å². The first kappa shape index (κ1) is 6.15. The predicted octanol–water partition coefficient (Wildman–Crippen LogP) is 1.11.